The van der Waals surface area contributed by atoms with Crippen molar-refractivity contribution in [2.45, 2.75) is 13.5 Å². The molecule has 1 aromatic carbocycles. The Morgan fingerprint density at radius 2 is 2.24 bits per heavy atom. The molecule has 2 rings (SSSR count). The number of nitrogens with two attached hydrogens (primary N) is 1. The van der Waals surface area contributed by atoms with E-state index in [9.17, 15) is 0 Å². The lowest BCUT2D eigenvalue weighted by atomic mass is 10.1. The first-order valence-electron chi connectivity index (χ1n) is 5.25. The highest BCUT2D eigenvalue weighted by molar-refractivity contribution is 9.10. The van der Waals surface area contributed by atoms with Crippen LogP contribution in [0.4, 0.5) is 0 Å². The summed E-state index contributed by atoms with van der Waals surface area (Å²) in [6.07, 6.45) is 0. The van der Waals surface area contributed by atoms with Gasteiger partial charge in [0, 0.05) is 15.7 Å². The summed E-state index contributed by atoms with van der Waals surface area (Å²) in [7, 11) is 1.65. The Morgan fingerprint density at radius 3 is 2.82 bits per heavy atom. The van der Waals surface area contributed by atoms with Gasteiger partial charge >= 0.3 is 0 Å². The average Bonchev–Trinajstić information content (AvgIpc) is 2.70. The van der Waals surface area contributed by atoms with Crippen molar-refractivity contribution in [2.24, 2.45) is 5.73 Å². The van der Waals surface area contributed by atoms with Crippen LogP contribution in [-0.4, -0.2) is 17.1 Å². The standard InChI is InChI=1S/C12H14BrN3O/c1-7-12(16-11(6-14)15-7)9-5-8(13)3-4-10(9)17-2/h3-5H,6,14H2,1-2H3,(H,15,16). The normalized spacial score (nSPS) is 10.6. The first kappa shape index (κ1) is 12.1. The SMILES string of the molecule is COc1ccc(Br)cc1-c1nc(CN)[nH]c1C. The van der Waals surface area contributed by atoms with Crippen LogP contribution in [0.2, 0.25) is 0 Å². The zero-order valence-electron chi connectivity index (χ0n) is 9.75. The second-order valence-corrected chi connectivity index (χ2v) is 4.62. The molecule has 0 unspecified atom stereocenters. The highest BCUT2D eigenvalue weighted by Crippen LogP contribution is 2.33. The number of H-pyrrole nitrogens is 1. The number of hydrogen-bond donors (Lipinski definition) is 2. The molecular weight excluding hydrogens is 282 g/mol. The summed E-state index contributed by atoms with van der Waals surface area (Å²) in [4.78, 5) is 7.62. The fourth-order valence-corrected chi connectivity index (χ4v) is 2.11. The van der Waals surface area contributed by atoms with Gasteiger partial charge in [-0.15, -0.1) is 0 Å². The van der Waals surface area contributed by atoms with E-state index in [4.69, 9.17) is 10.5 Å². The monoisotopic (exact) mass is 295 g/mol. The van der Waals surface area contributed by atoms with Gasteiger partial charge in [-0.3, -0.25) is 0 Å². The van der Waals surface area contributed by atoms with Crippen molar-refractivity contribution in [1.82, 2.24) is 9.97 Å². The van der Waals surface area contributed by atoms with E-state index < -0.39 is 0 Å². The Labute approximate surface area is 108 Å². The van der Waals surface area contributed by atoms with Gasteiger partial charge in [-0.1, -0.05) is 15.9 Å². The first-order valence-corrected chi connectivity index (χ1v) is 6.04. The van der Waals surface area contributed by atoms with E-state index in [0.29, 0.717) is 6.54 Å². The summed E-state index contributed by atoms with van der Waals surface area (Å²) in [6, 6.07) is 5.84. The number of aromatic amines is 1. The second-order valence-electron chi connectivity index (χ2n) is 3.71. The van der Waals surface area contributed by atoms with Crippen molar-refractivity contribution in [3.8, 4) is 17.0 Å². The number of nitrogens with zero attached hydrogens (tertiary/aromatic N) is 1. The first-order chi connectivity index (χ1) is 8.15. The molecule has 0 saturated carbocycles. The van der Waals surface area contributed by atoms with Crippen LogP contribution in [0, 0.1) is 6.92 Å². The summed E-state index contributed by atoms with van der Waals surface area (Å²) in [5.74, 6) is 1.57. The Hall–Kier alpha value is -1.33. The van der Waals surface area contributed by atoms with Gasteiger partial charge in [0.25, 0.3) is 0 Å². The van der Waals surface area contributed by atoms with Gasteiger partial charge in [-0.05, 0) is 25.1 Å². The number of rotatable bonds is 3. The van der Waals surface area contributed by atoms with Crippen LogP contribution in [-0.2, 0) is 6.54 Å². The third kappa shape index (κ3) is 2.35. The number of aromatic nitrogens is 2. The van der Waals surface area contributed by atoms with Crippen molar-refractivity contribution in [1.29, 1.82) is 0 Å². The van der Waals surface area contributed by atoms with Gasteiger partial charge in [-0.2, -0.15) is 0 Å². The molecule has 0 fully saturated rings. The molecule has 0 bridgehead atoms. The largest absolute Gasteiger partial charge is 0.496 e. The van der Waals surface area contributed by atoms with E-state index in [0.717, 1.165) is 33.0 Å². The van der Waals surface area contributed by atoms with Gasteiger partial charge in [0.15, 0.2) is 0 Å². The topological polar surface area (TPSA) is 63.9 Å². The van der Waals surface area contributed by atoms with Crippen LogP contribution >= 0.6 is 15.9 Å². The third-order valence-corrected chi connectivity index (χ3v) is 3.04. The Morgan fingerprint density at radius 1 is 1.47 bits per heavy atom. The van der Waals surface area contributed by atoms with E-state index in [1.165, 1.54) is 0 Å². The van der Waals surface area contributed by atoms with E-state index in [1.54, 1.807) is 7.11 Å². The minimum atomic E-state index is 0.400. The summed E-state index contributed by atoms with van der Waals surface area (Å²) >= 11 is 3.45. The molecule has 4 nitrogen and oxygen atoms in total. The number of methoxy groups -OCH3 is 1. The van der Waals surface area contributed by atoms with Crippen LogP contribution in [0.3, 0.4) is 0 Å². The summed E-state index contributed by atoms with van der Waals surface area (Å²) < 4.78 is 6.34. The lowest BCUT2D eigenvalue weighted by Crippen LogP contribution is -1.98. The molecule has 0 saturated heterocycles. The molecule has 0 spiro atoms. The van der Waals surface area contributed by atoms with Gasteiger partial charge < -0.3 is 15.5 Å². The van der Waals surface area contributed by atoms with Gasteiger partial charge in [0.1, 0.15) is 11.6 Å². The molecule has 0 aliphatic rings. The zero-order valence-corrected chi connectivity index (χ0v) is 11.3. The highest BCUT2D eigenvalue weighted by Gasteiger charge is 2.13. The lowest BCUT2D eigenvalue weighted by Gasteiger charge is -2.07. The number of ether oxygens (including phenoxy) is 1. The van der Waals surface area contributed by atoms with Crippen molar-refractivity contribution in [3.63, 3.8) is 0 Å². The predicted molar refractivity (Wildman–Crippen MR) is 70.9 cm³/mol. The maximum atomic E-state index is 5.58. The number of hydrogen-bond acceptors (Lipinski definition) is 3. The fraction of sp³-hybridized carbons (Fsp3) is 0.250. The smallest absolute Gasteiger partial charge is 0.128 e. The molecule has 0 aliphatic carbocycles. The minimum Gasteiger partial charge on any atom is -0.496 e. The minimum absolute atomic E-state index is 0.400. The Kier molecular flexibility index (Phi) is 3.49. The zero-order chi connectivity index (χ0) is 12.4. The van der Waals surface area contributed by atoms with E-state index >= 15 is 0 Å². The van der Waals surface area contributed by atoms with Crippen LogP contribution in [0.1, 0.15) is 11.5 Å². The number of aryl methyl sites for hydroxylation is 1. The average molecular weight is 296 g/mol. The molecule has 3 N–H and O–H groups in total. The maximum absolute atomic E-state index is 5.58. The van der Waals surface area contributed by atoms with Crippen LogP contribution < -0.4 is 10.5 Å². The molecule has 0 atom stereocenters. The van der Waals surface area contributed by atoms with Gasteiger partial charge in [-0.25, -0.2) is 4.98 Å². The quantitative estimate of drug-likeness (QED) is 0.915. The molecule has 1 aromatic heterocycles. The molecule has 0 radical (unpaired) electrons. The maximum Gasteiger partial charge on any atom is 0.128 e. The van der Waals surface area contributed by atoms with Crippen molar-refractivity contribution < 1.29 is 4.74 Å². The van der Waals surface area contributed by atoms with E-state index in [1.807, 2.05) is 25.1 Å². The second kappa shape index (κ2) is 4.89. The van der Waals surface area contributed by atoms with Crippen LogP contribution in [0.15, 0.2) is 22.7 Å². The van der Waals surface area contributed by atoms with Gasteiger partial charge in [0.05, 0.1) is 19.3 Å². The molecule has 90 valence electrons. The highest BCUT2D eigenvalue weighted by atomic mass is 79.9. The fourth-order valence-electron chi connectivity index (χ4n) is 1.75. The Balaban J connectivity index is 2.58. The molecule has 0 aliphatic heterocycles. The van der Waals surface area contributed by atoms with Gasteiger partial charge in [0.2, 0.25) is 0 Å². The molecule has 5 heteroatoms. The number of imidazole rings is 1. The van der Waals surface area contributed by atoms with Crippen LogP contribution in [0.25, 0.3) is 11.3 Å². The van der Waals surface area contributed by atoms with E-state index in [-0.39, 0.29) is 0 Å². The van der Waals surface area contributed by atoms with E-state index in [2.05, 4.69) is 25.9 Å². The number of nitrogens with one attached hydrogen (secondary N) is 1. The third-order valence-electron chi connectivity index (χ3n) is 2.54. The predicted octanol–water partition coefficient (Wildman–Crippen LogP) is 2.61. The van der Waals surface area contributed by atoms with Crippen molar-refractivity contribution >= 4 is 15.9 Å². The molecule has 0 amide bonds. The van der Waals surface area contributed by atoms with Crippen molar-refractivity contribution in [2.75, 3.05) is 7.11 Å². The molecule has 1 heterocycles. The molecule has 2 aromatic rings. The lowest BCUT2D eigenvalue weighted by molar-refractivity contribution is 0.416. The van der Waals surface area contributed by atoms with Crippen molar-refractivity contribution in [3.05, 3.63) is 34.2 Å². The summed E-state index contributed by atoms with van der Waals surface area (Å²) in [5.41, 5.74) is 8.40. The number of halogens is 1. The van der Waals surface area contributed by atoms with Crippen LogP contribution in [0.5, 0.6) is 5.75 Å². The number of benzene rings is 1. The summed E-state index contributed by atoms with van der Waals surface area (Å²) in [5, 5.41) is 0. The molecule has 17 heavy (non-hydrogen) atoms. The summed E-state index contributed by atoms with van der Waals surface area (Å²) in [6.45, 7) is 2.37. The Bertz CT molecular complexity index is 537. The molecular formula is C12H14BrN3O.